The van der Waals surface area contributed by atoms with E-state index in [0.29, 0.717) is 10.7 Å². The third kappa shape index (κ3) is 3.92. The highest BCUT2D eigenvalue weighted by Crippen LogP contribution is 2.26. The summed E-state index contributed by atoms with van der Waals surface area (Å²) in [4.78, 5) is 28.4. The van der Waals surface area contributed by atoms with Crippen LogP contribution in [0.5, 0.6) is 0 Å². The zero-order chi connectivity index (χ0) is 19.7. The number of piperidine rings is 1. The molecule has 1 fully saturated rings. The molecule has 0 aliphatic carbocycles. The molecule has 1 N–H and O–H groups in total. The van der Waals surface area contributed by atoms with Gasteiger partial charge in [0.1, 0.15) is 5.52 Å². The number of nitrogens with one attached hydrogen (secondary N) is 1. The fraction of sp³-hybridized carbons (Fsp3) is 0.333. The Morgan fingerprint density at radius 2 is 1.89 bits per heavy atom. The number of benzene rings is 1. The van der Waals surface area contributed by atoms with Crippen LogP contribution in [-0.2, 0) is 4.79 Å². The van der Waals surface area contributed by atoms with E-state index >= 15 is 0 Å². The van der Waals surface area contributed by atoms with Crippen molar-refractivity contribution in [2.75, 3.05) is 23.3 Å². The van der Waals surface area contributed by atoms with Crippen LogP contribution in [0, 0.1) is 19.8 Å². The summed E-state index contributed by atoms with van der Waals surface area (Å²) in [5, 5.41) is 3.59. The average Bonchev–Trinajstić information content (AvgIpc) is 2.69. The number of carbonyl (C=O) groups excluding carboxylic acids is 1. The highest BCUT2D eigenvalue weighted by atomic mass is 35.5. The molecule has 0 saturated carbocycles. The van der Waals surface area contributed by atoms with Crippen molar-refractivity contribution in [3.8, 4) is 0 Å². The van der Waals surface area contributed by atoms with Crippen molar-refractivity contribution in [2.45, 2.75) is 26.7 Å². The summed E-state index contributed by atoms with van der Waals surface area (Å²) in [6.07, 6.45) is 3.43. The first-order valence-corrected chi connectivity index (χ1v) is 9.80. The minimum absolute atomic E-state index is 0.00617. The van der Waals surface area contributed by atoms with Crippen LogP contribution in [0.25, 0.3) is 11.2 Å². The summed E-state index contributed by atoms with van der Waals surface area (Å²) >= 11 is 5.99. The number of carbonyl (C=O) groups is 1. The highest BCUT2D eigenvalue weighted by molar-refractivity contribution is 6.30. The van der Waals surface area contributed by atoms with Crippen molar-refractivity contribution < 1.29 is 4.79 Å². The van der Waals surface area contributed by atoms with Crippen molar-refractivity contribution in [1.29, 1.82) is 0 Å². The topological polar surface area (TPSA) is 71.0 Å². The number of aryl methyl sites for hydroxylation is 2. The normalized spacial score (nSPS) is 15.0. The molecule has 4 rings (SSSR count). The van der Waals surface area contributed by atoms with Crippen LogP contribution < -0.4 is 10.2 Å². The standard InChI is InChI=1S/C21H22ClN5O/c1-13-14(2)25-20-19(24-13)11-18(12-23-20)27-8-6-15(7-9-27)21(28)26-17-5-3-4-16(22)10-17/h3-5,10-12,15H,6-9H2,1-2H3,(H,26,28). The fourth-order valence-corrected chi connectivity index (χ4v) is 3.68. The third-order valence-electron chi connectivity index (χ3n) is 5.24. The van der Waals surface area contributed by atoms with Gasteiger partial charge in [0, 0.05) is 29.7 Å². The number of pyridine rings is 1. The summed E-state index contributed by atoms with van der Waals surface area (Å²) in [5.74, 6) is 0.0452. The maximum absolute atomic E-state index is 12.6. The van der Waals surface area contributed by atoms with Gasteiger partial charge in [-0.1, -0.05) is 17.7 Å². The van der Waals surface area contributed by atoms with E-state index in [0.717, 1.165) is 54.2 Å². The van der Waals surface area contributed by atoms with Crippen molar-refractivity contribution in [2.24, 2.45) is 5.92 Å². The predicted molar refractivity (Wildman–Crippen MR) is 112 cm³/mol. The van der Waals surface area contributed by atoms with E-state index in [1.165, 1.54) is 0 Å². The van der Waals surface area contributed by atoms with Crippen LogP contribution in [0.1, 0.15) is 24.2 Å². The van der Waals surface area contributed by atoms with Gasteiger partial charge >= 0.3 is 0 Å². The van der Waals surface area contributed by atoms with Gasteiger partial charge in [0.05, 0.1) is 23.3 Å². The quantitative estimate of drug-likeness (QED) is 0.721. The van der Waals surface area contributed by atoms with Crippen LogP contribution in [0.2, 0.25) is 5.02 Å². The first kappa shape index (κ1) is 18.6. The van der Waals surface area contributed by atoms with Crippen LogP contribution in [-0.4, -0.2) is 33.9 Å². The van der Waals surface area contributed by atoms with Crippen LogP contribution >= 0.6 is 11.6 Å². The Morgan fingerprint density at radius 3 is 2.64 bits per heavy atom. The van der Waals surface area contributed by atoms with Crippen LogP contribution in [0.3, 0.4) is 0 Å². The summed E-state index contributed by atoms with van der Waals surface area (Å²) in [6.45, 7) is 5.51. The molecule has 1 amide bonds. The number of hydrogen-bond donors (Lipinski definition) is 1. The molecule has 7 heteroatoms. The largest absolute Gasteiger partial charge is 0.370 e. The molecule has 2 aromatic heterocycles. The summed E-state index contributed by atoms with van der Waals surface area (Å²) < 4.78 is 0. The van der Waals surface area contributed by atoms with Gasteiger partial charge in [0.25, 0.3) is 0 Å². The molecule has 144 valence electrons. The van der Waals surface area contributed by atoms with Crippen LogP contribution in [0.4, 0.5) is 11.4 Å². The van der Waals surface area contributed by atoms with Gasteiger partial charge in [0.15, 0.2) is 5.65 Å². The molecule has 0 atom stereocenters. The lowest BCUT2D eigenvalue weighted by Crippen LogP contribution is -2.38. The Bertz CT molecular complexity index is 1030. The molecule has 0 spiro atoms. The number of rotatable bonds is 3. The molecule has 3 aromatic rings. The maximum Gasteiger partial charge on any atom is 0.227 e. The van der Waals surface area contributed by atoms with E-state index in [1.54, 1.807) is 12.1 Å². The number of halogens is 1. The molecule has 1 aliphatic heterocycles. The molecular formula is C21H22ClN5O. The monoisotopic (exact) mass is 395 g/mol. The van der Waals surface area contributed by atoms with E-state index in [2.05, 4.69) is 25.2 Å². The van der Waals surface area contributed by atoms with E-state index in [4.69, 9.17) is 11.6 Å². The summed E-state index contributed by atoms with van der Waals surface area (Å²) in [6, 6.07) is 9.28. The second-order valence-electron chi connectivity index (χ2n) is 7.19. The van der Waals surface area contributed by atoms with Crippen molar-refractivity contribution in [3.63, 3.8) is 0 Å². The molecule has 1 aromatic carbocycles. The van der Waals surface area contributed by atoms with Crippen LogP contribution in [0.15, 0.2) is 36.5 Å². The molecule has 0 unspecified atom stereocenters. The Balaban J connectivity index is 1.41. The first-order chi connectivity index (χ1) is 13.5. The molecule has 0 radical (unpaired) electrons. The number of amides is 1. The minimum atomic E-state index is -0.00617. The zero-order valence-electron chi connectivity index (χ0n) is 15.9. The Morgan fingerprint density at radius 1 is 1.14 bits per heavy atom. The number of anilines is 2. The molecule has 28 heavy (non-hydrogen) atoms. The number of fused-ring (bicyclic) bond motifs is 1. The Kier molecular flexibility index (Phi) is 5.13. The van der Waals surface area contributed by atoms with Gasteiger partial charge in [-0.2, -0.15) is 0 Å². The SMILES string of the molecule is Cc1nc2cc(N3CCC(C(=O)Nc4cccc(Cl)c4)CC3)cnc2nc1C. The number of nitrogens with zero attached hydrogens (tertiary/aromatic N) is 4. The average molecular weight is 396 g/mol. The lowest BCUT2D eigenvalue weighted by molar-refractivity contribution is -0.120. The lowest BCUT2D eigenvalue weighted by Gasteiger charge is -2.32. The van der Waals surface area contributed by atoms with Gasteiger partial charge in [-0.25, -0.2) is 15.0 Å². The zero-order valence-corrected chi connectivity index (χ0v) is 16.7. The second-order valence-corrected chi connectivity index (χ2v) is 7.63. The Hall–Kier alpha value is -2.73. The lowest BCUT2D eigenvalue weighted by atomic mass is 9.95. The van der Waals surface area contributed by atoms with Crippen molar-refractivity contribution in [3.05, 3.63) is 52.9 Å². The van der Waals surface area contributed by atoms with E-state index in [1.807, 2.05) is 38.2 Å². The van der Waals surface area contributed by atoms with E-state index in [9.17, 15) is 4.79 Å². The third-order valence-corrected chi connectivity index (χ3v) is 5.48. The molecule has 0 bridgehead atoms. The number of hydrogen-bond acceptors (Lipinski definition) is 5. The fourth-order valence-electron chi connectivity index (χ4n) is 3.49. The molecular weight excluding hydrogens is 374 g/mol. The predicted octanol–water partition coefficient (Wildman–Crippen LogP) is 4.15. The van der Waals surface area contributed by atoms with Crippen molar-refractivity contribution in [1.82, 2.24) is 15.0 Å². The van der Waals surface area contributed by atoms with E-state index in [-0.39, 0.29) is 11.8 Å². The minimum Gasteiger partial charge on any atom is -0.370 e. The maximum atomic E-state index is 12.6. The second kappa shape index (κ2) is 7.72. The highest BCUT2D eigenvalue weighted by Gasteiger charge is 2.25. The first-order valence-electron chi connectivity index (χ1n) is 9.42. The smallest absolute Gasteiger partial charge is 0.227 e. The molecule has 1 aliphatic rings. The summed E-state index contributed by atoms with van der Waals surface area (Å²) in [7, 11) is 0. The van der Waals surface area contributed by atoms with Gasteiger partial charge in [0.2, 0.25) is 5.91 Å². The van der Waals surface area contributed by atoms with E-state index < -0.39 is 0 Å². The molecule has 6 nitrogen and oxygen atoms in total. The van der Waals surface area contributed by atoms with Gasteiger partial charge in [-0.15, -0.1) is 0 Å². The van der Waals surface area contributed by atoms with Crippen molar-refractivity contribution >= 4 is 40.0 Å². The van der Waals surface area contributed by atoms with Gasteiger partial charge in [-0.3, -0.25) is 4.79 Å². The molecule has 3 heterocycles. The van der Waals surface area contributed by atoms with Gasteiger partial charge in [-0.05, 0) is 51.0 Å². The Labute approximate surface area is 169 Å². The molecule has 1 saturated heterocycles. The van der Waals surface area contributed by atoms with Gasteiger partial charge < -0.3 is 10.2 Å². The number of aromatic nitrogens is 3. The summed E-state index contributed by atoms with van der Waals surface area (Å²) in [5.41, 5.74) is 5.06.